The number of carbonyl (C=O) groups is 3. The van der Waals surface area contributed by atoms with E-state index >= 15 is 0 Å². The molecule has 1 N–H and O–H groups in total. The number of Topliss-reactive ketones (excluding diaryl/α,β-unsaturated/α-hetero) is 1. The lowest BCUT2D eigenvalue weighted by Gasteiger charge is -2.27. The summed E-state index contributed by atoms with van der Waals surface area (Å²) in [4.78, 5) is 41.0. The second-order valence-electron chi connectivity index (χ2n) is 11.9. The number of nitrogens with one attached hydrogen (secondary N) is 1. The summed E-state index contributed by atoms with van der Waals surface area (Å²) in [6.45, 7) is 7.87. The van der Waals surface area contributed by atoms with E-state index in [0.29, 0.717) is 40.1 Å². The minimum Gasteiger partial charge on any atom is -0.443 e. The van der Waals surface area contributed by atoms with Crippen LogP contribution in [-0.2, 0) is 20.7 Å². The van der Waals surface area contributed by atoms with Gasteiger partial charge < -0.3 is 14.8 Å². The summed E-state index contributed by atoms with van der Waals surface area (Å²) in [5.41, 5.74) is 2.76. The number of benzene rings is 3. The van der Waals surface area contributed by atoms with E-state index in [9.17, 15) is 14.4 Å². The fourth-order valence-electron chi connectivity index (χ4n) is 5.00. The van der Waals surface area contributed by atoms with Crippen molar-refractivity contribution in [2.24, 2.45) is 5.92 Å². The molecule has 0 spiro atoms. The lowest BCUT2D eigenvalue weighted by molar-refractivity contribution is -0.117. The molecule has 1 saturated carbocycles. The van der Waals surface area contributed by atoms with Crippen LogP contribution in [0, 0.1) is 12.8 Å². The van der Waals surface area contributed by atoms with E-state index < -0.39 is 33.8 Å². The van der Waals surface area contributed by atoms with Crippen LogP contribution in [0.25, 0.3) is 0 Å². The lowest BCUT2D eigenvalue weighted by atomic mass is 9.98. The van der Waals surface area contributed by atoms with E-state index in [1.54, 1.807) is 70.3 Å². The number of hydrogen-bond donors (Lipinski definition) is 1. The molecular formula is C33H33Cl5N2O5. The van der Waals surface area contributed by atoms with Crippen LogP contribution in [0.4, 0.5) is 16.2 Å². The van der Waals surface area contributed by atoms with Crippen LogP contribution in [0.1, 0.15) is 53.7 Å². The normalized spacial score (nSPS) is 17.0. The molecule has 1 aliphatic rings. The second kappa shape index (κ2) is 14.1. The zero-order valence-corrected chi connectivity index (χ0v) is 29.1. The smallest absolute Gasteiger partial charge is 0.414 e. The Bertz CT molecular complexity index is 1600. The molecule has 0 aromatic heterocycles. The van der Waals surface area contributed by atoms with Crippen LogP contribution in [0.2, 0.25) is 15.1 Å². The highest BCUT2D eigenvalue weighted by molar-refractivity contribution is 6.53. The largest absolute Gasteiger partial charge is 0.443 e. The van der Waals surface area contributed by atoms with Crippen molar-refractivity contribution in [1.82, 2.24) is 0 Å². The number of ether oxygens (including phenoxy) is 2. The van der Waals surface area contributed by atoms with Gasteiger partial charge in [0.05, 0.1) is 24.1 Å². The van der Waals surface area contributed by atoms with Crippen molar-refractivity contribution < 1.29 is 23.9 Å². The zero-order chi connectivity index (χ0) is 33.3. The molecule has 240 valence electrons. The maximum atomic E-state index is 13.4. The molecule has 45 heavy (non-hydrogen) atoms. The van der Waals surface area contributed by atoms with Gasteiger partial charge in [0.1, 0.15) is 9.93 Å². The Labute approximate surface area is 288 Å². The number of amides is 2. The second-order valence-corrected chi connectivity index (χ2v) is 14.6. The summed E-state index contributed by atoms with van der Waals surface area (Å²) in [6.07, 6.45) is -0.455. The van der Waals surface area contributed by atoms with E-state index in [1.807, 2.05) is 13.0 Å². The molecule has 0 bridgehead atoms. The predicted octanol–water partition coefficient (Wildman–Crippen LogP) is 9.29. The van der Waals surface area contributed by atoms with Crippen molar-refractivity contribution in [3.05, 3.63) is 91.9 Å². The number of alkyl halides is 2. The summed E-state index contributed by atoms with van der Waals surface area (Å²) in [6, 6.07) is 15.0. The van der Waals surface area contributed by atoms with Gasteiger partial charge in [0.25, 0.3) is 0 Å². The Morgan fingerprint density at radius 2 is 1.62 bits per heavy atom. The number of halogens is 5. The SMILES string of the molecule is COCCN(C(=O)OC(C)(C)C)c1ccc(CC(=O)c2cc(NC(=O)C3C(c4cc(Cl)cc(Cl)c4)C3(Cl)Cl)ccc2Cl)c(C)c1. The maximum Gasteiger partial charge on any atom is 0.414 e. The van der Waals surface area contributed by atoms with E-state index in [-0.39, 0.29) is 22.8 Å². The third kappa shape index (κ3) is 8.64. The first-order valence-electron chi connectivity index (χ1n) is 14.1. The number of nitrogens with zero attached hydrogens (tertiary/aromatic N) is 1. The third-order valence-corrected chi connectivity index (χ3v) is 8.94. The van der Waals surface area contributed by atoms with Crippen LogP contribution >= 0.6 is 58.0 Å². The molecule has 12 heteroatoms. The van der Waals surface area contributed by atoms with Crippen molar-refractivity contribution in [1.29, 1.82) is 0 Å². The summed E-state index contributed by atoms with van der Waals surface area (Å²) in [5, 5.41) is 3.86. The van der Waals surface area contributed by atoms with Crippen LogP contribution in [-0.4, -0.2) is 48.0 Å². The van der Waals surface area contributed by atoms with Crippen LogP contribution in [0.5, 0.6) is 0 Å². The number of ketones is 1. The average Bonchev–Trinajstić information content (AvgIpc) is 3.51. The first-order chi connectivity index (χ1) is 21.0. The van der Waals surface area contributed by atoms with Crippen LogP contribution in [0.3, 0.4) is 0 Å². The molecule has 7 nitrogen and oxygen atoms in total. The average molecular weight is 715 g/mol. The topological polar surface area (TPSA) is 84.9 Å². The van der Waals surface area contributed by atoms with Crippen molar-refractivity contribution in [3.63, 3.8) is 0 Å². The summed E-state index contributed by atoms with van der Waals surface area (Å²) >= 11 is 31.7. The van der Waals surface area contributed by atoms with Gasteiger partial charge in [-0.05, 0) is 92.9 Å². The Hall–Kier alpha value is -2.52. The number of carbonyl (C=O) groups excluding carboxylic acids is 3. The van der Waals surface area contributed by atoms with Gasteiger partial charge in [-0.1, -0.05) is 40.9 Å². The quantitative estimate of drug-likeness (QED) is 0.167. The van der Waals surface area contributed by atoms with Crippen LogP contribution in [0.15, 0.2) is 54.6 Å². The molecular weight excluding hydrogens is 682 g/mol. The highest BCUT2D eigenvalue weighted by Crippen LogP contribution is 2.65. The lowest BCUT2D eigenvalue weighted by Crippen LogP contribution is -2.38. The first-order valence-corrected chi connectivity index (χ1v) is 16.0. The van der Waals surface area contributed by atoms with Gasteiger partial charge in [-0.25, -0.2) is 4.79 Å². The Morgan fingerprint density at radius 3 is 2.22 bits per heavy atom. The summed E-state index contributed by atoms with van der Waals surface area (Å²) in [7, 11) is 1.56. The predicted molar refractivity (Wildman–Crippen MR) is 182 cm³/mol. The molecule has 0 aliphatic heterocycles. The van der Waals surface area contributed by atoms with Gasteiger partial charge >= 0.3 is 6.09 Å². The minimum atomic E-state index is -1.35. The van der Waals surface area contributed by atoms with Crippen molar-refractivity contribution in [3.8, 4) is 0 Å². The van der Waals surface area contributed by atoms with Gasteiger partial charge in [-0.2, -0.15) is 0 Å². The number of aryl methyl sites for hydroxylation is 1. The molecule has 0 saturated heterocycles. The molecule has 3 aromatic rings. The monoisotopic (exact) mass is 712 g/mol. The molecule has 1 fully saturated rings. The maximum absolute atomic E-state index is 13.4. The van der Waals surface area contributed by atoms with E-state index in [4.69, 9.17) is 67.5 Å². The summed E-state index contributed by atoms with van der Waals surface area (Å²) < 4.78 is 9.40. The highest BCUT2D eigenvalue weighted by Gasteiger charge is 2.67. The fourth-order valence-corrected chi connectivity index (χ4v) is 6.59. The van der Waals surface area contributed by atoms with E-state index in [0.717, 1.165) is 11.1 Å². The molecule has 2 atom stereocenters. The van der Waals surface area contributed by atoms with Crippen molar-refractivity contribution in [2.45, 2.75) is 50.0 Å². The highest BCUT2D eigenvalue weighted by atomic mass is 35.5. The minimum absolute atomic E-state index is 0.0421. The van der Waals surface area contributed by atoms with Gasteiger partial charge in [0.15, 0.2) is 5.78 Å². The Kier molecular flexibility index (Phi) is 11.1. The van der Waals surface area contributed by atoms with Gasteiger partial charge in [-0.15, -0.1) is 23.2 Å². The Balaban J connectivity index is 1.48. The zero-order valence-electron chi connectivity index (χ0n) is 25.4. The fraction of sp³-hybridized carbons (Fsp3) is 0.364. The van der Waals surface area contributed by atoms with E-state index in [2.05, 4.69) is 5.32 Å². The van der Waals surface area contributed by atoms with E-state index in [1.165, 1.54) is 11.0 Å². The van der Waals surface area contributed by atoms with Gasteiger partial charge in [0.2, 0.25) is 5.91 Å². The first kappa shape index (κ1) is 35.3. The number of anilines is 2. The van der Waals surface area contributed by atoms with Crippen molar-refractivity contribution in [2.75, 3.05) is 30.5 Å². The molecule has 2 unspecified atom stereocenters. The van der Waals surface area contributed by atoms with Gasteiger partial charge in [-0.3, -0.25) is 14.5 Å². The molecule has 3 aromatic carbocycles. The molecule has 1 aliphatic carbocycles. The number of rotatable bonds is 10. The van der Waals surface area contributed by atoms with Gasteiger partial charge in [0, 0.05) is 46.4 Å². The number of methoxy groups -OCH3 is 1. The van der Waals surface area contributed by atoms with Crippen molar-refractivity contribution >= 4 is 87.2 Å². The summed E-state index contributed by atoms with van der Waals surface area (Å²) in [5.74, 6) is -1.96. The standard InChI is InChI=1S/C33H33Cl5N2O5/c1-18-12-24(40(10-11-44-5)31(43)45-32(2,3)4)8-6-19(18)15-27(41)25-17-23(7-9-26(25)36)39-30(42)29-28(33(29,37)38)20-13-21(34)16-22(35)14-20/h6-9,12-14,16-17,28-29H,10-11,15H2,1-5H3,(H,39,42). The molecule has 4 rings (SSSR count). The van der Waals surface area contributed by atoms with Crippen LogP contribution < -0.4 is 10.2 Å². The molecule has 2 amide bonds. The Morgan fingerprint density at radius 1 is 0.956 bits per heavy atom. The molecule has 0 heterocycles. The molecule has 0 radical (unpaired) electrons. The number of hydrogen-bond acceptors (Lipinski definition) is 5. The third-order valence-electron chi connectivity index (χ3n) is 7.24.